The molecule has 6 nitrogen and oxygen atoms in total. The maximum absolute atomic E-state index is 15.1. The van der Waals surface area contributed by atoms with E-state index in [-0.39, 0.29) is 48.1 Å². The van der Waals surface area contributed by atoms with Crippen LogP contribution in [0.1, 0.15) is 127 Å². The number of hydrogen-bond donors (Lipinski definition) is 0. The minimum absolute atomic E-state index is 0. The van der Waals surface area contributed by atoms with Crippen LogP contribution in [0.2, 0.25) is 0 Å². The van der Waals surface area contributed by atoms with Crippen molar-refractivity contribution in [2.24, 2.45) is 4.99 Å². The summed E-state index contributed by atoms with van der Waals surface area (Å²) in [7, 11) is -4.22. The van der Waals surface area contributed by atoms with Gasteiger partial charge in [-0.2, -0.15) is 6.07 Å². The average molecular weight is 945 g/mol. The van der Waals surface area contributed by atoms with Gasteiger partial charge in [-0.1, -0.05) is 84.8 Å². The topological polar surface area (TPSA) is 73.5 Å². The van der Waals surface area contributed by atoms with Crippen LogP contribution in [0.15, 0.2) is 75.6 Å². The Morgan fingerprint density at radius 3 is 2.34 bits per heavy atom. The van der Waals surface area contributed by atoms with Gasteiger partial charge in [0.15, 0.2) is 9.84 Å². The zero-order valence-corrected chi connectivity index (χ0v) is 37.2. The molecule has 0 saturated carbocycles. The average Bonchev–Trinajstić information content (AvgIpc) is 3.67. The third kappa shape index (κ3) is 5.18. The molecular weight excluding hydrogens is 894 g/mol. The first-order chi connectivity index (χ1) is 26.4. The van der Waals surface area contributed by atoms with Crippen LogP contribution in [0.5, 0.6) is 0 Å². The van der Waals surface area contributed by atoms with Crippen LogP contribution >= 0.6 is 0 Å². The fraction of sp³-hybridized carbons (Fsp3) is 0.375. The number of rotatable bonds is 4. The summed E-state index contributed by atoms with van der Waals surface area (Å²) in [6.45, 7) is 24.6. The number of sulfone groups is 1. The Morgan fingerprint density at radius 1 is 0.911 bits per heavy atom. The molecular formula is C48H49N3O3PtS. The molecule has 0 spiro atoms. The van der Waals surface area contributed by atoms with E-state index in [9.17, 15) is 2.74 Å². The molecule has 0 N–H and O–H groups in total. The van der Waals surface area contributed by atoms with Crippen LogP contribution in [-0.2, 0) is 58.4 Å². The van der Waals surface area contributed by atoms with E-state index >= 15 is 8.42 Å². The molecule has 0 amide bonds. The number of nitrogens with zero attached hydrogens (tertiary/aromatic N) is 3. The Hall–Kier alpha value is -4.06. The van der Waals surface area contributed by atoms with Crippen molar-refractivity contribution in [2.75, 3.05) is 0 Å². The number of fused-ring (bicyclic) bond motifs is 8. The van der Waals surface area contributed by atoms with Crippen LogP contribution in [0.25, 0.3) is 27.6 Å². The van der Waals surface area contributed by atoms with Crippen molar-refractivity contribution in [1.29, 1.82) is 0 Å². The van der Waals surface area contributed by atoms with Crippen LogP contribution in [0.3, 0.4) is 0 Å². The van der Waals surface area contributed by atoms with Gasteiger partial charge in [0.2, 0.25) is 0 Å². The summed E-state index contributed by atoms with van der Waals surface area (Å²) in [6.07, 6.45) is -0.0921. The van der Waals surface area contributed by atoms with Crippen molar-refractivity contribution >= 4 is 37.7 Å². The quantitative estimate of drug-likeness (QED) is 0.165. The second kappa shape index (κ2) is 12.2. The molecule has 2 atom stereocenters. The molecule has 0 fully saturated rings. The molecule has 2 aliphatic heterocycles. The Kier molecular flexibility index (Phi) is 7.92. The fourth-order valence-corrected chi connectivity index (χ4v) is 10.4. The number of ether oxygens (including phenoxy) is 1. The number of aryl methyl sites for hydroxylation is 2. The van der Waals surface area contributed by atoms with Crippen molar-refractivity contribution in [3.05, 3.63) is 129 Å². The van der Waals surface area contributed by atoms with Crippen molar-refractivity contribution in [1.82, 2.24) is 9.55 Å². The van der Waals surface area contributed by atoms with Crippen molar-refractivity contribution in [3.63, 3.8) is 0 Å². The minimum atomic E-state index is -4.22. The van der Waals surface area contributed by atoms with Gasteiger partial charge in [-0.25, -0.2) is 13.4 Å². The predicted molar refractivity (Wildman–Crippen MR) is 221 cm³/mol. The molecule has 2 aromatic heterocycles. The van der Waals surface area contributed by atoms with Gasteiger partial charge in [0.25, 0.3) is 0 Å². The van der Waals surface area contributed by atoms with Gasteiger partial charge in [-0.05, 0) is 106 Å². The van der Waals surface area contributed by atoms with Gasteiger partial charge in [0, 0.05) is 26.1 Å². The molecule has 9 rings (SSSR count). The summed E-state index contributed by atoms with van der Waals surface area (Å²) in [4.78, 5) is 10.0. The van der Waals surface area contributed by atoms with Gasteiger partial charge in [-0.15, -0.1) is 41.0 Å². The third-order valence-corrected chi connectivity index (χ3v) is 14.5. The zero-order valence-electron chi connectivity index (χ0n) is 36.1. The van der Waals surface area contributed by atoms with Gasteiger partial charge in [0.05, 0.1) is 5.52 Å². The van der Waals surface area contributed by atoms with Crippen LogP contribution in [-0.4, -0.2) is 29.5 Å². The van der Waals surface area contributed by atoms with E-state index < -0.39 is 32.8 Å². The first kappa shape index (κ1) is 36.3. The molecule has 3 aliphatic rings. The Morgan fingerprint density at radius 2 is 1.64 bits per heavy atom. The molecule has 6 aromatic rings. The minimum Gasteiger partial charge on any atom is -0.511 e. The molecule has 0 saturated heterocycles. The molecule has 0 bridgehead atoms. The monoisotopic (exact) mass is 944 g/mol. The second-order valence-corrected chi connectivity index (χ2v) is 19.9. The largest absolute Gasteiger partial charge is 2.00 e. The maximum Gasteiger partial charge on any atom is 2.00 e. The summed E-state index contributed by atoms with van der Waals surface area (Å²) in [5, 5.41) is 2.09. The van der Waals surface area contributed by atoms with Gasteiger partial charge >= 0.3 is 21.1 Å². The van der Waals surface area contributed by atoms with E-state index in [1.807, 2.05) is 71.9 Å². The van der Waals surface area contributed by atoms with Gasteiger partial charge < -0.3 is 9.30 Å². The first-order valence-corrected chi connectivity index (χ1v) is 20.7. The summed E-state index contributed by atoms with van der Waals surface area (Å²) < 4.78 is 57.8. The molecule has 4 aromatic carbocycles. The third-order valence-electron chi connectivity index (χ3n) is 12.8. The van der Waals surface area contributed by atoms with Crippen molar-refractivity contribution in [2.45, 2.75) is 127 Å². The summed E-state index contributed by atoms with van der Waals surface area (Å²) in [5.74, 6) is 0.144. The normalized spacial score (nSPS) is 22.2. The van der Waals surface area contributed by atoms with E-state index in [4.69, 9.17) is 14.7 Å². The number of aromatic nitrogens is 2. The SMILES string of the molecule is [2H]C1([2H])c2c(ccc(C)c2C)[C@@]2(C)N=C(c3[c-]c(S(=O)(=O)c4[c-]c5c(cc4C)C(C)(C)c4cc(C(C)(C)C)cc6c7cccnc7n-5c46)cc(C(C)C)c3)O[C@@]12C.[Pt+2]. The number of hydrogen-bond acceptors (Lipinski definition) is 5. The molecule has 8 heteroatoms. The molecule has 290 valence electrons. The van der Waals surface area contributed by atoms with Gasteiger partial charge in [0.1, 0.15) is 22.7 Å². The van der Waals surface area contributed by atoms with Crippen molar-refractivity contribution < 1.29 is 37.0 Å². The molecule has 1 aliphatic carbocycles. The van der Waals surface area contributed by atoms with Crippen LogP contribution < -0.4 is 0 Å². The van der Waals surface area contributed by atoms with Crippen LogP contribution in [0.4, 0.5) is 0 Å². The Balaban J connectivity index is 0.00000469. The van der Waals surface area contributed by atoms with E-state index in [1.165, 1.54) is 11.1 Å². The smallest absolute Gasteiger partial charge is 0.511 e. The van der Waals surface area contributed by atoms with E-state index in [0.717, 1.165) is 49.8 Å². The first-order valence-electron chi connectivity index (χ1n) is 20.2. The summed E-state index contributed by atoms with van der Waals surface area (Å²) in [5.41, 5.74) is 7.84. The summed E-state index contributed by atoms with van der Waals surface area (Å²) in [6, 6.07) is 24.8. The zero-order chi connectivity index (χ0) is 41.2. The van der Waals surface area contributed by atoms with E-state index in [2.05, 4.69) is 69.5 Å². The number of aliphatic imine (C=N–C) groups is 1. The second-order valence-electron chi connectivity index (χ2n) is 18.1. The molecule has 56 heavy (non-hydrogen) atoms. The Labute approximate surface area is 348 Å². The summed E-state index contributed by atoms with van der Waals surface area (Å²) >= 11 is 0. The molecule has 0 radical (unpaired) electrons. The van der Waals surface area contributed by atoms with E-state index in [0.29, 0.717) is 22.4 Å². The predicted octanol–water partition coefficient (Wildman–Crippen LogP) is 10.6. The Bertz CT molecular complexity index is 2940. The van der Waals surface area contributed by atoms with Crippen molar-refractivity contribution in [3.8, 4) is 5.69 Å². The number of pyridine rings is 1. The standard InChI is InChI=1S/C48H49N3O3S.Pt/c1-26(2)30-19-31(44-50-48(12)37-16-15-27(3)29(5)36(37)25-47(48,11)54-44)21-33(20-30)55(52,53)41-24-40-38(18-28(41)4)46(9,10)39-23-32(45(6,7)8)22-35-34-14-13-17-49-43(34)51(40)42(35)39;/h13-20,22-23,26H,25H2,1-12H3;/q-2;+2/t47-,48+;/m0./s1/i25D2;. The maximum atomic E-state index is 15.1. The fourth-order valence-electron chi connectivity index (χ4n) is 8.89. The number of benzene rings is 4. The molecule has 4 heterocycles. The van der Waals surface area contributed by atoms with Crippen LogP contribution in [0, 0.1) is 32.9 Å². The van der Waals surface area contributed by atoms with Gasteiger partial charge in [-0.3, -0.25) is 4.99 Å². The van der Waals surface area contributed by atoms with E-state index in [1.54, 1.807) is 19.2 Å². The molecule has 0 unspecified atom stereocenters.